The third-order valence-electron chi connectivity index (χ3n) is 5.14. The minimum absolute atomic E-state index is 0.0503. The van der Waals surface area contributed by atoms with E-state index in [1.54, 1.807) is 24.3 Å². The quantitative estimate of drug-likeness (QED) is 0.553. The summed E-state index contributed by atoms with van der Waals surface area (Å²) in [4.78, 5) is 28.0. The van der Waals surface area contributed by atoms with E-state index in [9.17, 15) is 14.7 Å². The number of carboxylic acid groups (broad SMARTS) is 1. The summed E-state index contributed by atoms with van der Waals surface area (Å²) in [6.45, 7) is 1.97. The van der Waals surface area contributed by atoms with Gasteiger partial charge in [-0.05, 0) is 54.6 Å². The number of rotatable bonds is 4. The largest absolute Gasteiger partial charge is 0.478 e. The van der Waals surface area contributed by atoms with Gasteiger partial charge in [0.2, 0.25) is 5.17 Å². The molecular weight excluding hydrogens is 440 g/mol. The first kappa shape index (κ1) is 20.7. The number of amidine groups is 2. The lowest BCUT2D eigenvalue weighted by Crippen LogP contribution is -2.35. The standard InChI is InChI=1S/C24H16N4O4S/c1-13-5-2-3-8-17(13)22-27-28-20(25)18(21(29)26-24(28)33-22)12-16-9-10-19(32-16)14-6-4-7-15(11-14)23(30)31/h2-12,25H,1H3,(H,30,31). The third-order valence-corrected chi connectivity index (χ3v) is 6.08. The number of hydrogen-bond donors (Lipinski definition) is 2. The first-order chi connectivity index (χ1) is 15.9. The van der Waals surface area contributed by atoms with Crippen molar-refractivity contribution in [3.8, 4) is 11.3 Å². The van der Waals surface area contributed by atoms with Crippen molar-refractivity contribution >= 4 is 45.8 Å². The molecule has 2 N–H and O–H groups in total. The van der Waals surface area contributed by atoms with Crippen molar-refractivity contribution in [3.05, 3.63) is 88.7 Å². The van der Waals surface area contributed by atoms with Crippen LogP contribution in [-0.4, -0.2) is 38.0 Å². The molecule has 33 heavy (non-hydrogen) atoms. The van der Waals surface area contributed by atoms with Gasteiger partial charge in [0.05, 0.1) is 11.1 Å². The molecule has 0 fully saturated rings. The lowest BCUT2D eigenvalue weighted by atomic mass is 10.1. The summed E-state index contributed by atoms with van der Waals surface area (Å²) in [5.74, 6) is -0.888. The molecule has 3 heterocycles. The Morgan fingerprint density at radius 2 is 1.97 bits per heavy atom. The van der Waals surface area contributed by atoms with Gasteiger partial charge >= 0.3 is 5.97 Å². The minimum atomic E-state index is -1.03. The number of carbonyl (C=O) groups is 2. The van der Waals surface area contributed by atoms with E-state index in [1.807, 2.05) is 31.2 Å². The van der Waals surface area contributed by atoms with Gasteiger partial charge in [0.15, 0.2) is 5.84 Å². The van der Waals surface area contributed by atoms with Crippen LogP contribution in [0.2, 0.25) is 0 Å². The summed E-state index contributed by atoms with van der Waals surface area (Å²) in [5, 5.41) is 24.6. The number of hydrazone groups is 1. The summed E-state index contributed by atoms with van der Waals surface area (Å²) >= 11 is 1.25. The Labute approximate surface area is 192 Å². The third kappa shape index (κ3) is 3.79. The number of aliphatic imine (C=N–C) groups is 1. The van der Waals surface area contributed by atoms with Gasteiger partial charge in [-0.3, -0.25) is 10.2 Å². The number of carbonyl (C=O) groups excluding carboxylic acids is 1. The van der Waals surface area contributed by atoms with Crippen LogP contribution in [0.5, 0.6) is 0 Å². The Balaban J connectivity index is 1.45. The average molecular weight is 456 g/mol. The van der Waals surface area contributed by atoms with Crippen molar-refractivity contribution in [1.82, 2.24) is 5.01 Å². The van der Waals surface area contributed by atoms with Crippen molar-refractivity contribution in [2.75, 3.05) is 0 Å². The molecular formula is C24H16N4O4S. The summed E-state index contributed by atoms with van der Waals surface area (Å²) in [5.41, 5.74) is 2.74. The van der Waals surface area contributed by atoms with Crippen LogP contribution in [0.1, 0.15) is 27.2 Å². The van der Waals surface area contributed by atoms with E-state index in [-0.39, 0.29) is 17.0 Å². The molecule has 162 valence electrons. The van der Waals surface area contributed by atoms with E-state index in [4.69, 9.17) is 9.83 Å². The first-order valence-electron chi connectivity index (χ1n) is 9.90. The zero-order valence-electron chi connectivity index (χ0n) is 17.3. The second kappa shape index (κ2) is 8.03. The van der Waals surface area contributed by atoms with Gasteiger partial charge in [-0.2, -0.15) is 15.1 Å². The highest BCUT2D eigenvalue weighted by Crippen LogP contribution is 2.32. The Morgan fingerprint density at radius 3 is 2.76 bits per heavy atom. The van der Waals surface area contributed by atoms with Crippen molar-refractivity contribution in [3.63, 3.8) is 0 Å². The number of fused-ring (bicyclic) bond motifs is 1. The number of furan rings is 1. The number of amides is 1. The number of aryl methyl sites for hydroxylation is 1. The number of nitrogens with zero attached hydrogens (tertiary/aromatic N) is 3. The maximum atomic E-state index is 12.7. The highest BCUT2D eigenvalue weighted by molar-refractivity contribution is 8.27. The molecule has 0 unspecified atom stereocenters. The van der Waals surface area contributed by atoms with Crippen LogP contribution in [0.3, 0.4) is 0 Å². The summed E-state index contributed by atoms with van der Waals surface area (Å²) in [7, 11) is 0. The van der Waals surface area contributed by atoms with Crippen LogP contribution in [0, 0.1) is 12.3 Å². The molecule has 0 bridgehead atoms. The maximum absolute atomic E-state index is 12.7. The molecule has 0 radical (unpaired) electrons. The molecule has 2 aliphatic heterocycles. The van der Waals surface area contributed by atoms with Crippen molar-refractivity contribution < 1.29 is 19.1 Å². The zero-order valence-corrected chi connectivity index (χ0v) is 18.1. The maximum Gasteiger partial charge on any atom is 0.335 e. The van der Waals surface area contributed by atoms with Crippen LogP contribution >= 0.6 is 11.8 Å². The Kier molecular flexibility index (Phi) is 5.02. The van der Waals surface area contributed by atoms with Crippen LogP contribution in [0.4, 0.5) is 0 Å². The number of carboxylic acids is 1. The number of aromatic carboxylic acids is 1. The molecule has 5 rings (SSSR count). The van der Waals surface area contributed by atoms with E-state index >= 15 is 0 Å². The Bertz CT molecular complexity index is 1430. The fourth-order valence-electron chi connectivity index (χ4n) is 3.45. The molecule has 0 saturated carbocycles. The highest BCUT2D eigenvalue weighted by Gasteiger charge is 2.36. The molecule has 9 heteroatoms. The van der Waals surface area contributed by atoms with E-state index in [0.717, 1.165) is 11.1 Å². The zero-order chi connectivity index (χ0) is 23.1. The predicted octanol–water partition coefficient (Wildman–Crippen LogP) is 4.62. The average Bonchev–Trinajstić information content (AvgIpc) is 3.44. The molecule has 1 amide bonds. The van der Waals surface area contributed by atoms with E-state index < -0.39 is 11.9 Å². The predicted molar refractivity (Wildman–Crippen MR) is 126 cm³/mol. The summed E-state index contributed by atoms with van der Waals surface area (Å²) in [6, 6.07) is 17.4. The van der Waals surface area contributed by atoms with Gasteiger partial charge in [0.1, 0.15) is 16.6 Å². The van der Waals surface area contributed by atoms with E-state index in [1.165, 1.54) is 35.0 Å². The summed E-state index contributed by atoms with van der Waals surface area (Å²) < 4.78 is 5.80. The second-order valence-electron chi connectivity index (χ2n) is 7.33. The van der Waals surface area contributed by atoms with Gasteiger partial charge < -0.3 is 9.52 Å². The van der Waals surface area contributed by atoms with Crippen LogP contribution < -0.4 is 0 Å². The van der Waals surface area contributed by atoms with Crippen LogP contribution in [0.15, 0.2) is 80.7 Å². The van der Waals surface area contributed by atoms with E-state index in [2.05, 4.69) is 10.1 Å². The lowest BCUT2D eigenvalue weighted by Gasteiger charge is -2.19. The fourth-order valence-corrected chi connectivity index (χ4v) is 4.43. The van der Waals surface area contributed by atoms with Crippen molar-refractivity contribution in [2.45, 2.75) is 6.92 Å². The smallest absolute Gasteiger partial charge is 0.335 e. The molecule has 0 spiro atoms. The molecule has 2 aliphatic rings. The summed E-state index contributed by atoms with van der Waals surface area (Å²) in [6.07, 6.45) is 1.45. The van der Waals surface area contributed by atoms with Crippen molar-refractivity contribution in [1.29, 1.82) is 5.41 Å². The Morgan fingerprint density at radius 1 is 1.15 bits per heavy atom. The van der Waals surface area contributed by atoms with Gasteiger partial charge in [-0.1, -0.05) is 36.4 Å². The van der Waals surface area contributed by atoms with Gasteiger partial charge in [-0.15, -0.1) is 0 Å². The fraction of sp³-hybridized carbons (Fsp3) is 0.0417. The van der Waals surface area contributed by atoms with Crippen molar-refractivity contribution in [2.24, 2.45) is 10.1 Å². The number of nitrogens with one attached hydrogen (secondary N) is 1. The van der Waals surface area contributed by atoms with Gasteiger partial charge in [0, 0.05) is 11.1 Å². The molecule has 2 aromatic carbocycles. The minimum Gasteiger partial charge on any atom is -0.478 e. The Hall–Kier alpha value is -4.24. The first-order valence-corrected chi connectivity index (χ1v) is 10.7. The lowest BCUT2D eigenvalue weighted by molar-refractivity contribution is -0.114. The monoisotopic (exact) mass is 456 g/mol. The second-order valence-corrected chi connectivity index (χ2v) is 8.28. The van der Waals surface area contributed by atoms with Gasteiger partial charge in [-0.25, -0.2) is 4.79 Å². The molecule has 8 nitrogen and oxygen atoms in total. The number of thioether (sulfide) groups is 1. The molecule has 3 aromatic rings. The molecule has 0 atom stereocenters. The SMILES string of the molecule is Cc1ccccc1C1=NN2C(=N)C(=Cc3ccc(-c4cccc(C(=O)O)c4)o3)C(=O)N=C2S1. The van der Waals surface area contributed by atoms with Gasteiger partial charge in [0.25, 0.3) is 5.91 Å². The van der Waals surface area contributed by atoms with Crippen LogP contribution in [-0.2, 0) is 4.79 Å². The molecule has 1 aromatic heterocycles. The van der Waals surface area contributed by atoms with Crippen LogP contribution in [0.25, 0.3) is 17.4 Å². The normalized spacial score (nSPS) is 16.6. The number of hydrogen-bond acceptors (Lipinski definition) is 6. The van der Waals surface area contributed by atoms with E-state index in [0.29, 0.717) is 27.3 Å². The molecule has 0 aliphatic carbocycles. The topological polar surface area (TPSA) is 119 Å². The number of benzene rings is 2. The highest BCUT2D eigenvalue weighted by atomic mass is 32.2. The molecule has 0 saturated heterocycles.